The second kappa shape index (κ2) is 6.42. The van der Waals surface area contributed by atoms with Crippen LogP contribution in [0.25, 0.3) is 11.1 Å². The fraction of sp³-hybridized carbons (Fsp3) is 0.235. The van der Waals surface area contributed by atoms with Crippen LogP contribution in [-0.2, 0) is 17.6 Å². The van der Waals surface area contributed by atoms with Gasteiger partial charge in [0.15, 0.2) is 0 Å². The van der Waals surface area contributed by atoms with Crippen LogP contribution in [0, 0.1) is 11.6 Å². The molecule has 0 N–H and O–H groups in total. The Labute approximate surface area is 117 Å². The number of hydrogen-bond acceptors (Lipinski definition) is 1. The number of carbonyl (C=O) groups excluding carboxylic acids is 1. The summed E-state index contributed by atoms with van der Waals surface area (Å²) in [4.78, 5) is 10.4. The summed E-state index contributed by atoms with van der Waals surface area (Å²) in [6.07, 6.45) is 2.30. The van der Waals surface area contributed by atoms with E-state index in [1.165, 1.54) is 17.7 Å². The van der Waals surface area contributed by atoms with Crippen LogP contribution in [-0.4, -0.2) is 6.29 Å². The molecule has 0 radical (unpaired) electrons. The molecule has 0 amide bonds. The Morgan fingerprint density at radius 2 is 1.60 bits per heavy atom. The number of carbonyl (C=O) groups is 1. The molecule has 0 heterocycles. The van der Waals surface area contributed by atoms with Gasteiger partial charge in [0, 0.05) is 12.0 Å². The average Bonchev–Trinajstić information content (AvgIpc) is 2.44. The highest BCUT2D eigenvalue weighted by atomic mass is 19.1. The first kappa shape index (κ1) is 14.4. The van der Waals surface area contributed by atoms with Crippen molar-refractivity contribution in [1.29, 1.82) is 0 Å². The van der Waals surface area contributed by atoms with E-state index in [9.17, 15) is 13.6 Å². The fourth-order valence-corrected chi connectivity index (χ4v) is 2.20. The van der Waals surface area contributed by atoms with Crippen molar-refractivity contribution in [3.05, 3.63) is 59.2 Å². The molecule has 3 heteroatoms. The maximum atomic E-state index is 13.8. The molecule has 2 aromatic carbocycles. The molecule has 0 saturated carbocycles. The highest BCUT2D eigenvalue weighted by Gasteiger charge is 2.11. The van der Waals surface area contributed by atoms with E-state index in [4.69, 9.17) is 0 Å². The number of halogens is 2. The fourth-order valence-electron chi connectivity index (χ4n) is 2.20. The van der Waals surface area contributed by atoms with E-state index in [0.29, 0.717) is 11.8 Å². The summed E-state index contributed by atoms with van der Waals surface area (Å²) in [6.45, 7) is 2.10. The molecule has 0 fully saturated rings. The van der Waals surface area contributed by atoms with Crippen molar-refractivity contribution >= 4 is 6.29 Å². The van der Waals surface area contributed by atoms with E-state index in [0.717, 1.165) is 18.4 Å². The van der Waals surface area contributed by atoms with Crippen molar-refractivity contribution in [3.63, 3.8) is 0 Å². The zero-order valence-corrected chi connectivity index (χ0v) is 11.3. The highest BCUT2D eigenvalue weighted by Crippen LogP contribution is 2.25. The normalized spacial score (nSPS) is 10.6. The molecule has 2 aromatic rings. The predicted octanol–water partition coefficient (Wildman–Crippen LogP) is 4.33. The zero-order chi connectivity index (χ0) is 14.5. The lowest BCUT2D eigenvalue weighted by molar-refractivity contribution is -0.107. The van der Waals surface area contributed by atoms with Gasteiger partial charge >= 0.3 is 0 Å². The second-order valence-electron chi connectivity index (χ2n) is 4.74. The van der Waals surface area contributed by atoms with E-state index >= 15 is 0 Å². The Bertz CT molecular complexity index is 580. The Kier molecular flexibility index (Phi) is 4.61. The lowest BCUT2D eigenvalue weighted by atomic mass is 10.00. The maximum absolute atomic E-state index is 13.8. The van der Waals surface area contributed by atoms with E-state index in [1.54, 1.807) is 0 Å². The Morgan fingerprint density at radius 1 is 1.00 bits per heavy atom. The van der Waals surface area contributed by atoms with Crippen LogP contribution in [0.15, 0.2) is 36.4 Å². The Hall–Kier alpha value is -2.03. The van der Waals surface area contributed by atoms with Crippen molar-refractivity contribution in [1.82, 2.24) is 0 Å². The third-order valence-electron chi connectivity index (χ3n) is 3.25. The summed E-state index contributed by atoms with van der Waals surface area (Å²) in [6, 6.07) is 10.2. The Morgan fingerprint density at radius 3 is 2.10 bits per heavy atom. The minimum atomic E-state index is -0.676. The molecule has 20 heavy (non-hydrogen) atoms. The van der Waals surface area contributed by atoms with Gasteiger partial charge in [-0.25, -0.2) is 8.78 Å². The summed E-state index contributed by atoms with van der Waals surface area (Å²) >= 11 is 0. The molecule has 0 saturated heterocycles. The molecule has 0 spiro atoms. The quantitative estimate of drug-likeness (QED) is 0.742. The van der Waals surface area contributed by atoms with E-state index in [2.05, 4.69) is 6.92 Å². The van der Waals surface area contributed by atoms with Crippen LogP contribution < -0.4 is 0 Å². The van der Waals surface area contributed by atoms with Crippen LogP contribution in [0.4, 0.5) is 8.78 Å². The van der Waals surface area contributed by atoms with Gasteiger partial charge in [0.25, 0.3) is 0 Å². The summed E-state index contributed by atoms with van der Waals surface area (Å²) in [5.41, 5.74) is 2.28. The molecule has 0 atom stereocenters. The van der Waals surface area contributed by atoms with E-state index in [-0.39, 0.29) is 12.0 Å². The minimum absolute atomic E-state index is 0.175. The van der Waals surface area contributed by atoms with Crippen LogP contribution >= 0.6 is 0 Å². The van der Waals surface area contributed by atoms with Gasteiger partial charge in [0.05, 0.1) is 0 Å². The molecule has 0 aliphatic heterocycles. The first-order chi connectivity index (χ1) is 9.65. The number of rotatable bonds is 5. The third kappa shape index (κ3) is 3.10. The molecule has 0 aliphatic rings. The molecule has 1 nitrogen and oxygen atoms in total. The molecule has 0 bridgehead atoms. The topological polar surface area (TPSA) is 17.1 Å². The first-order valence-electron chi connectivity index (χ1n) is 6.66. The summed E-state index contributed by atoms with van der Waals surface area (Å²) in [7, 11) is 0. The third-order valence-corrected chi connectivity index (χ3v) is 3.25. The predicted molar refractivity (Wildman–Crippen MR) is 75.6 cm³/mol. The SMILES string of the molecule is CCCc1ccc(-c2cc(F)c(CC=O)c(F)c2)cc1. The summed E-state index contributed by atoms with van der Waals surface area (Å²) in [5.74, 6) is -1.35. The van der Waals surface area contributed by atoms with Crippen LogP contribution in [0.5, 0.6) is 0 Å². The largest absolute Gasteiger partial charge is 0.303 e. The van der Waals surface area contributed by atoms with Gasteiger partial charge in [-0.15, -0.1) is 0 Å². The van der Waals surface area contributed by atoms with Crippen LogP contribution in [0.1, 0.15) is 24.5 Å². The first-order valence-corrected chi connectivity index (χ1v) is 6.66. The van der Waals surface area contributed by atoms with Gasteiger partial charge < -0.3 is 4.79 Å². The zero-order valence-electron chi connectivity index (χ0n) is 11.3. The standard InChI is InChI=1S/C17H16F2O/c1-2-3-12-4-6-13(7-5-12)14-10-16(18)15(8-9-20)17(19)11-14/h4-7,9-11H,2-3,8H2,1H3. The van der Waals surface area contributed by atoms with Crippen molar-refractivity contribution in [3.8, 4) is 11.1 Å². The van der Waals surface area contributed by atoms with Crippen molar-refractivity contribution in [2.75, 3.05) is 0 Å². The van der Waals surface area contributed by atoms with E-state index in [1.807, 2.05) is 24.3 Å². The molecule has 0 aromatic heterocycles. The Balaban J connectivity index is 2.35. The lowest BCUT2D eigenvalue weighted by Gasteiger charge is -2.07. The maximum Gasteiger partial charge on any atom is 0.130 e. The number of hydrogen-bond donors (Lipinski definition) is 0. The van der Waals surface area contributed by atoms with Gasteiger partial charge in [-0.05, 0) is 35.2 Å². The number of benzene rings is 2. The molecular weight excluding hydrogens is 258 g/mol. The minimum Gasteiger partial charge on any atom is -0.303 e. The van der Waals surface area contributed by atoms with Crippen molar-refractivity contribution in [2.24, 2.45) is 0 Å². The molecule has 0 unspecified atom stereocenters. The number of aldehydes is 1. The van der Waals surface area contributed by atoms with Crippen LogP contribution in [0.2, 0.25) is 0 Å². The monoisotopic (exact) mass is 274 g/mol. The second-order valence-corrected chi connectivity index (χ2v) is 4.74. The van der Waals surface area contributed by atoms with Crippen molar-refractivity contribution < 1.29 is 13.6 Å². The van der Waals surface area contributed by atoms with Gasteiger partial charge in [-0.2, -0.15) is 0 Å². The van der Waals surface area contributed by atoms with Gasteiger partial charge in [-0.1, -0.05) is 37.6 Å². The highest BCUT2D eigenvalue weighted by molar-refractivity contribution is 5.65. The van der Waals surface area contributed by atoms with Crippen LogP contribution in [0.3, 0.4) is 0 Å². The van der Waals surface area contributed by atoms with Crippen molar-refractivity contribution in [2.45, 2.75) is 26.2 Å². The summed E-state index contributed by atoms with van der Waals surface area (Å²) in [5, 5.41) is 0. The molecular formula is C17H16F2O. The van der Waals surface area contributed by atoms with E-state index < -0.39 is 11.6 Å². The smallest absolute Gasteiger partial charge is 0.130 e. The van der Waals surface area contributed by atoms with Gasteiger partial charge in [-0.3, -0.25) is 0 Å². The molecule has 104 valence electrons. The molecule has 0 aliphatic carbocycles. The average molecular weight is 274 g/mol. The number of aryl methyl sites for hydroxylation is 1. The summed E-state index contributed by atoms with van der Waals surface area (Å²) < 4.78 is 27.6. The molecule has 2 rings (SSSR count). The van der Waals surface area contributed by atoms with Gasteiger partial charge in [0.2, 0.25) is 0 Å². The van der Waals surface area contributed by atoms with Gasteiger partial charge in [0.1, 0.15) is 17.9 Å². The lowest BCUT2D eigenvalue weighted by Crippen LogP contribution is -1.97.